The molecular formula is C27H36N2O6. The summed E-state index contributed by atoms with van der Waals surface area (Å²) in [6.45, 7) is 7.87. The molecule has 0 aromatic heterocycles. The van der Waals surface area contributed by atoms with Gasteiger partial charge >= 0.3 is 0 Å². The van der Waals surface area contributed by atoms with Gasteiger partial charge in [0.1, 0.15) is 6.10 Å². The van der Waals surface area contributed by atoms with Crippen LogP contribution in [0.3, 0.4) is 0 Å². The van der Waals surface area contributed by atoms with E-state index in [0.717, 1.165) is 51.5 Å². The van der Waals surface area contributed by atoms with Gasteiger partial charge in [-0.3, -0.25) is 14.6 Å². The molecule has 0 bridgehead atoms. The van der Waals surface area contributed by atoms with E-state index in [4.69, 9.17) is 14.2 Å². The number of hydrogen-bond donors (Lipinski definition) is 2. The van der Waals surface area contributed by atoms with Crippen LogP contribution in [0.25, 0.3) is 0 Å². The minimum atomic E-state index is -1.29. The predicted octanol–water partition coefficient (Wildman–Crippen LogP) is 1.82. The highest BCUT2D eigenvalue weighted by Crippen LogP contribution is 2.29. The summed E-state index contributed by atoms with van der Waals surface area (Å²) >= 11 is 0. The van der Waals surface area contributed by atoms with Crippen LogP contribution in [0, 0.1) is 0 Å². The van der Waals surface area contributed by atoms with E-state index >= 15 is 0 Å². The van der Waals surface area contributed by atoms with E-state index in [0.29, 0.717) is 43.1 Å². The third-order valence-corrected chi connectivity index (χ3v) is 6.70. The van der Waals surface area contributed by atoms with Gasteiger partial charge in [-0.2, -0.15) is 0 Å². The Morgan fingerprint density at radius 2 is 1.57 bits per heavy atom. The molecule has 2 unspecified atom stereocenters. The zero-order chi connectivity index (χ0) is 24.5. The lowest BCUT2D eigenvalue weighted by Crippen LogP contribution is -2.41. The SMILES string of the molecule is O=C(c1cccc(C(CN2CCOCC2)OCCN2CCOCC2)c1CO)C(O)c1ccccc1. The van der Waals surface area contributed by atoms with E-state index in [-0.39, 0.29) is 12.7 Å². The van der Waals surface area contributed by atoms with Crippen LogP contribution in [0.5, 0.6) is 0 Å². The number of Topliss-reactive ketones (excluding diaryl/α,β-unsaturated/α-hetero) is 1. The zero-order valence-corrected chi connectivity index (χ0v) is 20.2. The average molecular weight is 485 g/mol. The fraction of sp³-hybridized carbons (Fsp3) is 0.519. The Kier molecular flexibility index (Phi) is 9.79. The van der Waals surface area contributed by atoms with Crippen LogP contribution < -0.4 is 0 Å². The maximum absolute atomic E-state index is 13.3. The van der Waals surface area contributed by atoms with Gasteiger partial charge in [-0.1, -0.05) is 48.5 Å². The lowest BCUT2D eigenvalue weighted by atomic mass is 9.91. The van der Waals surface area contributed by atoms with Crippen LogP contribution in [0.4, 0.5) is 0 Å². The second-order valence-electron chi connectivity index (χ2n) is 8.94. The van der Waals surface area contributed by atoms with Crippen molar-refractivity contribution >= 4 is 5.78 Å². The second-order valence-corrected chi connectivity index (χ2v) is 8.94. The number of benzene rings is 2. The molecule has 2 aliphatic heterocycles. The number of rotatable bonds is 11. The van der Waals surface area contributed by atoms with Gasteiger partial charge in [-0.25, -0.2) is 0 Å². The molecule has 8 heteroatoms. The Hall–Kier alpha value is -2.17. The van der Waals surface area contributed by atoms with Gasteiger partial charge in [0.25, 0.3) is 0 Å². The lowest BCUT2D eigenvalue weighted by Gasteiger charge is -2.32. The number of ether oxygens (including phenoxy) is 3. The lowest BCUT2D eigenvalue weighted by molar-refractivity contribution is -0.0275. The third kappa shape index (κ3) is 6.95. The normalized spacial score (nSPS) is 19.4. The first-order valence-corrected chi connectivity index (χ1v) is 12.4. The summed E-state index contributed by atoms with van der Waals surface area (Å²) in [6.07, 6.45) is -1.62. The molecule has 4 rings (SSSR count). The maximum Gasteiger partial charge on any atom is 0.196 e. The second kappa shape index (κ2) is 13.2. The third-order valence-electron chi connectivity index (χ3n) is 6.70. The fourth-order valence-electron chi connectivity index (χ4n) is 4.66. The van der Waals surface area contributed by atoms with Crippen LogP contribution >= 0.6 is 0 Å². The van der Waals surface area contributed by atoms with Gasteiger partial charge in [0.15, 0.2) is 5.78 Å². The minimum absolute atomic E-state index is 0.314. The van der Waals surface area contributed by atoms with Gasteiger partial charge in [-0.05, 0) is 16.7 Å². The summed E-state index contributed by atoms with van der Waals surface area (Å²) in [5.74, 6) is -0.430. The van der Waals surface area contributed by atoms with Crippen molar-refractivity contribution in [2.45, 2.75) is 18.8 Å². The summed E-state index contributed by atoms with van der Waals surface area (Å²) in [4.78, 5) is 17.9. The van der Waals surface area contributed by atoms with Crippen molar-refractivity contribution in [1.82, 2.24) is 9.80 Å². The van der Waals surface area contributed by atoms with Crippen molar-refractivity contribution in [3.63, 3.8) is 0 Å². The highest BCUT2D eigenvalue weighted by Gasteiger charge is 2.27. The molecule has 0 amide bonds. The Morgan fingerprint density at radius 1 is 0.914 bits per heavy atom. The van der Waals surface area contributed by atoms with Crippen LogP contribution in [0.15, 0.2) is 48.5 Å². The molecule has 8 nitrogen and oxygen atoms in total. The van der Waals surface area contributed by atoms with E-state index < -0.39 is 11.9 Å². The summed E-state index contributed by atoms with van der Waals surface area (Å²) in [5, 5.41) is 21.1. The molecule has 0 spiro atoms. The molecule has 2 heterocycles. The minimum Gasteiger partial charge on any atom is -0.392 e. The molecule has 2 atom stereocenters. The molecule has 35 heavy (non-hydrogen) atoms. The molecular weight excluding hydrogens is 448 g/mol. The van der Waals surface area contributed by atoms with Crippen molar-refractivity contribution < 1.29 is 29.2 Å². The van der Waals surface area contributed by atoms with Crippen LogP contribution in [0.2, 0.25) is 0 Å². The number of nitrogens with zero attached hydrogens (tertiary/aromatic N) is 2. The molecule has 0 aliphatic carbocycles. The number of aliphatic hydroxyl groups excluding tert-OH is 2. The average Bonchev–Trinajstić information content (AvgIpc) is 2.93. The quantitative estimate of drug-likeness (QED) is 0.467. The number of carbonyl (C=O) groups is 1. The topological polar surface area (TPSA) is 91.7 Å². The van der Waals surface area contributed by atoms with Gasteiger partial charge in [0.05, 0.1) is 45.7 Å². The van der Waals surface area contributed by atoms with Crippen LogP contribution in [0.1, 0.15) is 39.3 Å². The van der Waals surface area contributed by atoms with E-state index in [9.17, 15) is 15.0 Å². The fourth-order valence-corrected chi connectivity index (χ4v) is 4.66. The van der Waals surface area contributed by atoms with Crippen molar-refractivity contribution in [3.05, 3.63) is 70.8 Å². The Labute approximate surface area is 207 Å². The first-order valence-electron chi connectivity index (χ1n) is 12.4. The van der Waals surface area contributed by atoms with E-state index in [1.165, 1.54) is 0 Å². The summed E-state index contributed by atoms with van der Waals surface area (Å²) < 4.78 is 17.3. The Morgan fingerprint density at radius 3 is 2.23 bits per heavy atom. The molecule has 190 valence electrons. The Balaban J connectivity index is 1.55. The zero-order valence-electron chi connectivity index (χ0n) is 20.2. The summed E-state index contributed by atoms with van der Waals surface area (Å²) in [5.41, 5.74) is 2.15. The van der Waals surface area contributed by atoms with Crippen molar-refractivity contribution in [3.8, 4) is 0 Å². The van der Waals surface area contributed by atoms with Gasteiger partial charge in [-0.15, -0.1) is 0 Å². The predicted molar refractivity (Wildman–Crippen MR) is 131 cm³/mol. The molecule has 2 aromatic rings. The highest BCUT2D eigenvalue weighted by molar-refractivity contribution is 6.01. The smallest absolute Gasteiger partial charge is 0.196 e. The molecule has 0 saturated carbocycles. The standard InChI is InChI=1S/C27H36N2O6/c30-20-24-22(7-4-8-23(24)27(32)26(31)21-5-2-1-3-6-21)25(19-29-11-16-34-17-12-29)35-18-13-28-9-14-33-15-10-28/h1-8,25-26,30-31H,9-20H2. The van der Waals surface area contributed by atoms with Gasteiger partial charge in [0.2, 0.25) is 0 Å². The maximum atomic E-state index is 13.3. The summed E-state index contributed by atoms with van der Waals surface area (Å²) in [7, 11) is 0. The largest absolute Gasteiger partial charge is 0.392 e. The number of ketones is 1. The highest BCUT2D eigenvalue weighted by atomic mass is 16.5. The number of aliphatic hydroxyl groups is 2. The van der Waals surface area contributed by atoms with Gasteiger partial charge in [0, 0.05) is 44.8 Å². The Bertz CT molecular complexity index is 929. The van der Waals surface area contributed by atoms with Gasteiger partial charge < -0.3 is 24.4 Å². The number of carbonyl (C=O) groups excluding carboxylic acids is 1. The summed E-state index contributed by atoms with van der Waals surface area (Å²) in [6, 6.07) is 14.2. The molecule has 2 aliphatic rings. The molecule has 2 aromatic carbocycles. The van der Waals surface area contributed by atoms with Crippen LogP contribution in [-0.4, -0.2) is 98.1 Å². The van der Waals surface area contributed by atoms with Crippen molar-refractivity contribution in [2.24, 2.45) is 0 Å². The van der Waals surface area contributed by atoms with Crippen LogP contribution in [-0.2, 0) is 20.8 Å². The molecule has 2 saturated heterocycles. The van der Waals surface area contributed by atoms with Crippen molar-refractivity contribution in [2.75, 3.05) is 72.3 Å². The first kappa shape index (κ1) is 25.9. The van der Waals surface area contributed by atoms with E-state index in [1.807, 2.05) is 12.1 Å². The van der Waals surface area contributed by atoms with E-state index in [1.54, 1.807) is 36.4 Å². The molecule has 2 fully saturated rings. The molecule has 0 radical (unpaired) electrons. The van der Waals surface area contributed by atoms with Crippen molar-refractivity contribution in [1.29, 1.82) is 0 Å². The number of hydrogen-bond acceptors (Lipinski definition) is 8. The number of morpholine rings is 2. The molecule has 2 N–H and O–H groups in total. The first-order chi connectivity index (χ1) is 17.2. The monoisotopic (exact) mass is 484 g/mol. The van der Waals surface area contributed by atoms with E-state index in [2.05, 4.69) is 9.80 Å².